The minimum Gasteiger partial charge on any atom is -0.463 e. The summed E-state index contributed by atoms with van der Waals surface area (Å²) in [6.07, 6.45) is 5.98. The Hall–Kier alpha value is -1.66. The van der Waals surface area contributed by atoms with Crippen LogP contribution in [0.4, 0.5) is 0 Å². The lowest BCUT2D eigenvalue weighted by atomic mass is 9.94. The van der Waals surface area contributed by atoms with Crippen molar-refractivity contribution in [2.75, 3.05) is 6.61 Å². The molecule has 1 fully saturated rings. The molecule has 2 rings (SSSR count). The van der Waals surface area contributed by atoms with Crippen LogP contribution in [0.25, 0.3) is 6.08 Å². The third-order valence-corrected chi connectivity index (χ3v) is 6.39. The van der Waals surface area contributed by atoms with Crippen LogP contribution < -0.4 is 4.72 Å². The van der Waals surface area contributed by atoms with Gasteiger partial charge in [0.15, 0.2) is 0 Å². The van der Waals surface area contributed by atoms with Gasteiger partial charge in [-0.3, -0.25) is 0 Å². The highest BCUT2D eigenvalue weighted by Gasteiger charge is 2.32. The van der Waals surface area contributed by atoms with Crippen molar-refractivity contribution in [2.45, 2.75) is 57.2 Å². The van der Waals surface area contributed by atoms with Crippen molar-refractivity contribution in [3.8, 4) is 0 Å². The predicted octanol–water partition coefficient (Wildman–Crippen LogP) is 3.23. The van der Waals surface area contributed by atoms with Crippen LogP contribution in [-0.4, -0.2) is 32.3 Å². The molecule has 0 unspecified atom stereocenters. The van der Waals surface area contributed by atoms with Crippen LogP contribution in [0.15, 0.2) is 30.3 Å². The van der Waals surface area contributed by atoms with E-state index >= 15 is 0 Å². The van der Waals surface area contributed by atoms with Gasteiger partial charge in [0.2, 0.25) is 10.0 Å². The Morgan fingerprint density at radius 2 is 1.96 bits per heavy atom. The number of sulfonamides is 1. The van der Waals surface area contributed by atoms with Crippen LogP contribution in [0.3, 0.4) is 0 Å². The first-order valence-electron chi connectivity index (χ1n) is 8.79. The Morgan fingerprint density at radius 3 is 2.56 bits per heavy atom. The van der Waals surface area contributed by atoms with Crippen LogP contribution in [0.2, 0.25) is 0 Å². The van der Waals surface area contributed by atoms with Gasteiger partial charge in [-0.05, 0) is 50.8 Å². The van der Waals surface area contributed by atoms with Crippen molar-refractivity contribution in [1.29, 1.82) is 0 Å². The van der Waals surface area contributed by atoms with Gasteiger partial charge in [0.1, 0.15) is 0 Å². The zero-order chi connectivity index (χ0) is 18.4. The van der Waals surface area contributed by atoms with Gasteiger partial charge in [0.05, 0.1) is 11.9 Å². The molecular formula is C19H27NO4S. The third kappa shape index (κ3) is 5.41. The Labute approximate surface area is 150 Å². The largest absolute Gasteiger partial charge is 0.463 e. The van der Waals surface area contributed by atoms with Gasteiger partial charge in [-0.15, -0.1) is 0 Å². The molecular weight excluding hydrogens is 338 g/mol. The number of benzene rings is 1. The molecule has 0 radical (unpaired) electrons. The summed E-state index contributed by atoms with van der Waals surface area (Å²) in [7, 11) is -3.27. The van der Waals surface area contributed by atoms with E-state index in [0.29, 0.717) is 6.61 Å². The smallest absolute Gasteiger partial charge is 0.330 e. The summed E-state index contributed by atoms with van der Waals surface area (Å²) in [6, 6.07) is 7.86. The summed E-state index contributed by atoms with van der Waals surface area (Å²) in [5.74, 6) is -0.165. The average Bonchev–Trinajstić information content (AvgIpc) is 3.01. The highest BCUT2D eigenvalue weighted by molar-refractivity contribution is 7.90. The molecule has 0 bridgehead atoms. The molecule has 1 aliphatic rings. The fraction of sp³-hybridized carbons (Fsp3) is 0.526. The van der Waals surface area contributed by atoms with Gasteiger partial charge in [0, 0.05) is 18.0 Å². The topological polar surface area (TPSA) is 72.5 Å². The summed E-state index contributed by atoms with van der Waals surface area (Å²) in [5, 5.41) is -0.427. The minimum absolute atomic E-state index is 0.0478. The van der Waals surface area contributed by atoms with Crippen LogP contribution in [0.5, 0.6) is 0 Å². The second-order valence-corrected chi connectivity index (χ2v) is 8.88. The summed E-state index contributed by atoms with van der Waals surface area (Å²) < 4.78 is 32.0. The number of carbonyl (C=O) groups is 1. The lowest BCUT2D eigenvalue weighted by Crippen LogP contribution is -2.40. The van der Waals surface area contributed by atoms with Crippen molar-refractivity contribution in [3.05, 3.63) is 41.5 Å². The molecule has 0 saturated heterocycles. The van der Waals surface area contributed by atoms with Crippen LogP contribution in [0.1, 0.15) is 57.1 Å². The van der Waals surface area contributed by atoms with E-state index in [9.17, 15) is 13.2 Å². The summed E-state index contributed by atoms with van der Waals surface area (Å²) in [6.45, 7) is 5.51. The second-order valence-electron chi connectivity index (χ2n) is 6.61. The molecule has 138 valence electrons. The molecule has 1 aromatic carbocycles. The molecule has 25 heavy (non-hydrogen) atoms. The zero-order valence-corrected chi connectivity index (χ0v) is 15.9. The SMILES string of the molecule is CCOC(=O)/C=C/c1ccc([C@@H]2CCC[C@H]2NS(=O)(=O)C(C)C)cc1. The molecule has 0 spiro atoms. The highest BCUT2D eigenvalue weighted by Crippen LogP contribution is 2.35. The van der Waals surface area contributed by atoms with E-state index in [0.717, 1.165) is 30.4 Å². The van der Waals surface area contributed by atoms with Gasteiger partial charge < -0.3 is 4.74 Å². The number of hydrogen-bond acceptors (Lipinski definition) is 4. The van der Waals surface area contributed by atoms with E-state index < -0.39 is 15.3 Å². The fourth-order valence-electron chi connectivity index (χ4n) is 3.06. The lowest BCUT2D eigenvalue weighted by Gasteiger charge is -2.22. The minimum atomic E-state index is -3.27. The first-order valence-corrected chi connectivity index (χ1v) is 10.3. The van der Waals surface area contributed by atoms with Crippen molar-refractivity contribution in [2.24, 2.45) is 0 Å². The maximum absolute atomic E-state index is 12.2. The molecule has 1 saturated carbocycles. The number of nitrogens with one attached hydrogen (secondary N) is 1. The number of hydrogen-bond donors (Lipinski definition) is 1. The molecule has 0 heterocycles. The van der Waals surface area contributed by atoms with Gasteiger partial charge in [0.25, 0.3) is 0 Å². The maximum Gasteiger partial charge on any atom is 0.330 e. The molecule has 5 nitrogen and oxygen atoms in total. The van der Waals surface area contributed by atoms with E-state index in [1.54, 1.807) is 26.8 Å². The quantitative estimate of drug-likeness (QED) is 0.595. The Balaban J connectivity index is 2.06. The molecule has 1 N–H and O–H groups in total. The number of carbonyl (C=O) groups excluding carboxylic acids is 1. The van der Waals surface area contributed by atoms with Gasteiger partial charge in [-0.1, -0.05) is 30.7 Å². The van der Waals surface area contributed by atoms with Gasteiger partial charge in [-0.25, -0.2) is 17.9 Å². The van der Waals surface area contributed by atoms with Gasteiger partial charge in [-0.2, -0.15) is 0 Å². The summed E-state index contributed by atoms with van der Waals surface area (Å²) in [4.78, 5) is 11.3. The average molecular weight is 365 g/mol. The van der Waals surface area contributed by atoms with E-state index in [1.807, 2.05) is 24.3 Å². The zero-order valence-electron chi connectivity index (χ0n) is 15.1. The van der Waals surface area contributed by atoms with Crippen molar-refractivity contribution in [3.63, 3.8) is 0 Å². The second kappa shape index (κ2) is 8.63. The first-order chi connectivity index (χ1) is 11.8. The maximum atomic E-state index is 12.2. The van der Waals surface area contributed by atoms with E-state index in [-0.39, 0.29) is 17.9 Å². The van der Waals surface area contributed by atoms with Crippen LogP contribution in [0, 0.1) is 0 Å². The molecule has 1 aromatic rings. The van der Waals surface area contributed by atoms with Crippen LogP contribution >= 0.6 is 0 Å². The van der Waals surface area contributed by atoms with E-state index in [4.69, 9.17) is 4.74 Å². The highest BCUT2D eigenvalue weighted by atomic mass is 32.2. The number of esters is 1. The number of ether oxygens (including phenoxy) is 1. The summed E-state index contributed by atoms with van der Waals surface area (Å²) in [5.41, 5.74) is 2.04. The molecule has 2 atom stereocenters. The Bertz CT molecular complexity index is 707. The normalized spacial score (nSPS) is 21.1. The number of rotatable bonds is 7. The monoisotopic (exact) mass is 365 g/mol. The van der Waals surface area contributed by atoms with Crippen LogP contribution in [-0.2, 0) is 19.6 Å². The van der Waals surface area contributed by atoms with E-state index in [2.05, 4.69) is 4.72 Å². The van der Waals surface area contributed by atoms with Crippen molar-refractivity contribution in [1.82, 2.24) is 4.72 Å². The van der Waals surface area contributed by atoms with Crippen molar-refractivity contribution < 1.29 is 17.9 Å². The van der Waals surface area contributed by atoms with Crippen molar-refractivity contribution >= 4 is 22.1 Å². The molecule has 0 aliphatic heterocycles. The standard InChI is InChI=1S/C19H27NO4S/c1-4-24-19(21)13-10-15-8-11-16(12-9-15)17-6-5-7-18(17)20-25(22,23)14(2)3/h8-14,17-18,20H,4-7H2,1-3H3/b13-10+/t17-,18+/m0/s1. The van der Waals surface area contributed by atoms with E-state index in [1.165, 1.54) is 6.08 Å². The van der Waals surface area contributed by atoms with Gasteiger partial charge >= 0.3 is 5.97 Å². The summed E-state index contributed by atoms with van der Waals surface area (Å²) >= 11 is 0. The molecule has 0 amide bonds. The molecule has 6 heteroatoms. The molecule has 1 aliphatic carbocycles. The Kier molecular flexibility index (Phi) is 6.79. The fourth-order valence-corrected chi connectivity index (χ4v) is 4.03. The Morgan fingerprint density at radius 1 is 1.28 bits per heavy atom. The predicted molar refractivity (Wildman–Crippen MR) is 99.7 cm³/mol. The molecule has 0 aromatic heterocycles. The third-order valence-electron chi connectivity index (χ3n) is 4.52. The first kappa shape index (κ1) is 19.7. The lowest BCUT2D eigenvalue weighted by molar-refractivity contribution is -0.137.